The van der Waals surface area contributed by atoms with Crippen molar-refractivity contribution in [2.45, 2.75) is 25.3 Å². The number of hydrogen-bond donors (Lipinski definition) is 2. The molecule has 3 aromatic rings. The molecule has 196 valence electrons. The molecule has 2 aliphatic rings. The summed E-state index contributed by atoms with van der Waals surface area (Å²) in [7, 11) is 8.15. The van der Waals surface area contributed by atoms with E-state index in [9.17, 15) is 4.79 Å². The molecule has 7 nitrogen and oxygen atoms in total. The highest BCUT2D eigenvalue weighted by Crippen LogP contribution is 2.44. The van der Waals surface area contributed by atoms with Crippen LogP contribution in [0, 0.1) is 0 Å². The van der Waals surface area contributed by atoms with E-state index in [4.69, 9.17) is 16.6 Å². The minimum absolute atomic E-state index is 0.134. The van der Waals surface area contributed by atoms with Gasteiger partial charge in [-0.15, -0.1) is 0 Å². The summed E-state index contributed by atoms with van der Waals surface area (Å²) in [6.45, 7) is 0. The average Bonchev–Trinajstić information content (AvgIpc) is 3.58. The van der Waals surface area contributed by atoms with E-state index in [2.05, 4.69) is 75.1 Å². The number of carbonyl (C=O) groups is 1. The lowest BCUT2D eigenvalue weighted by molar-refractivity contribution is 0.0943. The first-order chi connectivity index (χ1) is 18.3. The number of furan rings is 1. The summed E-state index contributed by atoms with van der Waals surface area (Å²) in [6.07, 6.45) is 6.69. The molecule has 1 amide bonds. The molecule has 0 saturated carbocycles. The molecule has 0 radical (unpaired) electrons. The topological polar surface area (TPSA) is 64.0 Å². The summed E-state index contributed by atoms with van der Waals surface area (Å²) in [5.41, 5.74) is 11.7. The van der Waals surface area contributed by atoms with Gasteiger partial charge in [0.2, 0.25) is 0 Å². The molecule has 0 spiro atoms. The van der Waals surface area contributed by atoms with Gasteiger partial charge in [-0.3, -0.25) is 20.5 Å². The van der Waals surface area contributed by atoms with Gasteiger partial charge in [0.1, 0.15) is 6.04 Å². The molecule has 0 unspecified atom stereocenters. The van der Waals surface area contributed by atoms with E-state index in [1.807, 2.05) is 33.2 Å². The largest absolute Gasteiger partial charge is 0.459 e. The smallest absolute Gasteiger partial charge is 0.293 e. The number of nitrogens with zero attached hydrogens (tertiary/aromatic N) is 3. The van der Waals surface area contributed by atoms with Crippen LogP contribution in [0.5, 0.6) is 0 Å². The maximum absolute atomic E-state index is 12.8. The van der Waals surface area contributed by atoms with Crippen molar-refractivity contribution in [1.29, 1.82) is 0 Å². The third-order valence-corrected chi connectivity index (χ3v) is 7.31. The second-order valence-electron chi connectivity index (χ2n) is 10.0. The SMILES string of the molecule is CN(C)c1ccc(/C=C2/CCCC3=C2NN(C(=S)NC(=O)c2ccco2)[C@@H]3c2ccc(N(C)C)cc2)cc1. The van der Waals surface area contributed by atoms with E-state index >= 15 is 0 Å². The Hall–Kier alpha value is -4.04. The molecule has 1 aliphatic carbocycles. The Kier molecular flexibility index (Phi) is 7.24. The lowest BCUT2D eigenvalue weighted by atomic mass is 9.86. The van der Waals surface area contributed by atoms with E-state index in [1.54, 1.807) is 12.1 Å². The standard InChI is InChI=1S/C30H33N5O2S/c1-33(2)23-14-10-20(11-15-23)19-22-7-5-8-25-27(22)32-35(30(38)31-29(36)26-9-6-18-37-26)28(25)21-12-16-24(17-13-21)34(3)4/h6,9-19,28,32H,5,7-8H2,1-4H3,(H,31,36,38)/b22-19-/t28-/m1/s1. The highest BCUT2D eigenvalue weighted by atomic mass is 32.1. The predicted octanol–water partition coefficient (Wildman–Crippen LogP) is 5.51. The van der Waals surface area contributed by atoms with Crippen LogP contribution in [-0.2, 0) is 0 Å². The van der Waals surface area contributed by atoms with E-state index in [0.717, 1.165) is 41.8 Å². The van der Waals surface area contributed by atoms with E-state index in [1.165, 1.54) is 23.1 Å². The molecule has 38 heavy (non-hydrogen) atoms. The van der Waals surface area contributed by atoms with E-state index < -0.39 is 0 Å². The fraction of sp³-hybridized carbons (Fsp3) is 0.267. The zero-order chi connectivity index (χ0) is 26.8. The van der Waals surface area contributed by atoms with Gasteiger partial charge >= 0.3 is 0 Å². The van der Waals surface area contributed by atoms with Crippen molar-refractivity contribution < 1.29 is 9.21 Å². The Labute approximate surface area is 229 Å². The number of benzene rings is 2. The summed E-state index contributed by atoms with van der Waals surface area (Å²) in [5, 5.41) is 5.05. The third-order valence-electron chi connectivity index (χ3n) is 7.01. The van der Waals surface area contributed by atoms with Gasteiger partial charge in [0.05, 0.1) is 12.0 Å². The predicted molar refractivity (Wildman–Crippen MR) is 157 cm³/mol. The van der Waals surface area contributed by atoms with E-state index in [0.29, 0.717) is 5.11 Å². The number of nitrogens with one attached hydrogen (secondary N) is 2. The van der Waals surface area contributed by atoms with Crippen molar-refractivity contribution in [2.75, 3.05) is 38.0 Å². The maximum Gasteiger partial charge on any atom is 0.293 e. The second-order valence-corrected chi connectivity index (χ2v) is 10.4. The first-order valence-electron chi connectivity index (χ1n) is 12.7. The molecule has 5 rings (SSSR count). The van der Waals surface area contributed by atoms with Crippen molar-refractivity contribution in [1.82, 2.24) is 15.8 Å². The van der Waals surface area contributed by atoms with Crippen LogP contribution in [0.15, 0.2) is 88.2 Å². The quantitative estimate of drug-likeness (QED) is 0.424. The second kappa shape index (κ2) is 10.8. The van der Waals surface area contributed by atoms with Crippen LogP contribution in [0.25, 0.3) is 6.08 Å². The summed E-state index contributed by atoms with van der Waals surface area (Å²) in [5.74, 6) is -0.150. The highest BCUT2D eigenvalue weighted by molar-refractivity contribution is 7.80. The molecule has 0 fully saturated rings. The average molecular weight is 528 g/mol. The third kappa shape index (κ3) is 5.17. The van der Waals surface area contributed by atoms with Crippen LogP contribution < -0.4 is 20.5 Å². The fourth-order valence-corrected chi connectivity index (χ4v) is 5.24. The van der Waals surface area contributed by atoms with Gasteiger partial charge in [-0.25, -0.2) is 0 Å². The Balaban J connectivity index is 1.49. The highest BCUT2D eigenvalue weighted by Gasteiger charge is 2.38. The molecule has 2 aromatic carbocycles. The zero-order valence-electron chi connectivity index (χ0n) is 22.2. The molecule has 1 aromatic heterocycles. The number of anilines is 2. The Morgan fingerprint density at radius 3 is 2.26 bits per heavy atom. The van der Waals surface area contributed by atoms with Crippen molar-refractivity contribution in [2.24, 2.45) is 0 Å². The van der Waals surface area contributed by atoms with Crippen LogP contribution in [0.4, 0.5) is 11.4 Å². The molecule has 2 N–H and O–H groups in total. The van der Waals surface area contributed by atoms with Crippen molar-refractivity contribution in [3.05, 3.63) is 101 Å². The number of hydrogen-bond acceptors (Lipinski definition) is 6. The molecule has 8 heteroatoms. The minimum Gasteiger partial charge on any atom is -0.459 e. The number of amides is 1. The molecule has 1 atom stereocenters. The van der Waals surface area contributed by atoms with Gasteiger partial charge in [0.15, 0.2) is 10.9 Å². The van der Waals surface area contributed by atoms with Gasteiger partial charge < -0.3 is 14.2 Å². The van der Waals surface area contributed by atoms with Crippen LogP contribution in [-0.4, -0.2) is 44.2 Å². The molecule has 0 bridgehead atoms. The number of rotatable bonds is 5. The maximum atomic E-state index is 12.8. The van der Waals surface area contributed by atoms with Crippen molar-refractivity contribution in [3.8, 4) is 0 Å². The van der Waals surface area contributed by atoms with Gasteiger partial charge in [-0.2, -0.15) is 0 Å². The van der Waals surface area contributed by atoms with Crippen LogP contribution >= 0.6 is 12.2 Å². The van der Waals surface area contributed by atoms with Crippen molar-refractivity contribution >= 4 is 40.7 Å². The van der Waals surface area contributed by atoms with Gasteiger partial charge in [0, 0.05) is 39.6 Å². The fourth-order valence-electron chi connectivity index (χ4n) is 5.00. The molecule has 2 heterocycles. The summed E-state index contributed by atoms with van der Waals surface area (Å²) < 4.78 is 5.27. The van der Waals surface area contributed by atoms with Gasteiger partial charge in [-0.1, -0.05) is 24.3 Å². The Morgan fingerprint density at radius 1 is 1.00 bits per heavy atom. The Morgan fingerprint density at radius 2 is 1.66 bits per heavy atom. The van der Waals surface area contributed by atoms with Gasteiger partial charge in [-0.05, 0) is 96.2 Å². The number of carbonyl (C=O) groups excluding carboxylic acids is 1. The van der Waals surface area contributed by atoms with Crippen molar-refractivity contribution in [3.63, 3.8) is 0 Å². The summed E-state index contributed by atoms with van der Waals surface area (Å²) in [4.78, 5) is 16.9. The van der Waals surface area contributed by atoms with E-state index in [-0.39, 0.29) is 17.7 Å². The zero-order valence-corrected chi connectivity index (χ0v) is 23.0. The molecule has 0 saturated heterocycles. The number of allylic oxidation sites excluding steroid dienone is 1. The minimum atomic E-state index is -0.370. The number of thiocarbonyl (C=S) groups is 1. The first kappa shape index (κ1) is 25.6. The first-order valence-corrected chi connectivity index (χ1v) is 13.2. The van der Waals surface area contributed by atoms with Crippen LogP contribution in [0.3, 0.4) is 0 Å². The number of hydrazine groups is 1. The van der Waals surface area contributed by atoms with Gasteiger partial charge in [0.25, 0.3) is 5.91 Å². The Bertz CT molecular complexity index is 1370. The molecular weight excluding hydrogens is 494 g/mol. The summed E-state index contributed by atoms with van der Waals surface area (Å²) in [6, 6.07) is 20.2. The van der Waals surface area contributed by atoms with Crippen LogP contribution in [0.1, 0.15) is 47.0 Å². The normalized spacial score (nSPS) is 17.7. The summed E-state index contributed by atoms with van der Waals surface area (Å²) >= 11 is 5.77. The lowest BCUT2D eigenvalue weighted by Gasteiger charge is -2.29. The molecule has 1 aliphatic heterocycles. The lowest BCUT2D eigenvalue weighted by Crippen LogP contribution is -2.48. The van der Waals surface area contributed by atoms with Crippen LogP contribution in [0.2, 0.25) is 0 Å². The molecular formula is C30H33N5O2S. The monoisotopic (exact) mass is 527 g/mol.